The summed E-state index contributed by atoms with van der Waals surface area (Å²) in [5, 5.41) is 7.42. The van der Waals surface area contributed by atoms with Crippen LogP contribution in [0.1, 0.15) is 39.0 Å². The molecule has 2 fully saturated rings. The zero-order chi connectivity index (χ0) is 11.4. The Morgan fingerprint density at radius 2 is 1.73 bits per heavy atom. The molecule has 0 radical (unpaired) electrons. The number of nitrogens with zero attached hydrogens (tertiary/aromatic N) is 1. The van der Waals surface area contributed by atoms with Gasteiger partial charge in [-0.25, -0.2) is 0 Å². The van der Waals surface area contributed by atoms with Gasteiger partial charge in [0.1, 0.15) is 0 Å². The summed E-state index contributed by atoms with van der Waals surface area (Å²) in [6, 6.07) is 2.09. The Morgan fingerprint density at radius 1 is 1.33 bits per heavy atom. The van der Waals surface area contributed by atoms with E-state index in [1.54, 1.807) is 0 Å². The molecule has 15 heavy (non-hydrogen) atoms. The molecule has 2 heterocycles. The first kappa shape index (κ1) is 12.5. The van der Waals surface area contributed by atoms with Crippen molar-refractivity contribution in [3.63, 3.8) is 0 Å². The van der Waals surface area contributed by atoms with Gasteiger partial charge in [0, 0.05) is 25.0 Å². The number of piperidine rings is 2. The standard InChI is InChI=1S/C9H18N2.C2H4O2/c1-11-8-3-2-4-9(11)6-7(10)5-8;1-2(3)4/h7-9H,2-6,10H2,1H3;1H3,(H,3,4)/t7?,8-,9+;. The average Bonchev–Trinajstić information content (AvgIpc) is 2.06. The van der Waals surface area contributed by atoms with Gasteiger partial charge in [0.25, 0.3) is 5.97 Å². The van der Waals surface area contributed by atoms with E-state index in [-0.39, 0.29) is 0 Å². The number of carbonyl (C=O) groups is 1. The second-order valence-corrected chi connectivity index (χ2v) is 4.65. The highest BCUT2D eigenvalue weighted by Crippen LogP contribution is 2.31. The Hall–Kier alpha value is -0.610. The van der Waals surface area contributed by atoms with Gasteiger partial charge in [-0.1, -0.05) is 6.42 Å². The molecule has 1 unspecified atom stereocenters. The molecule has 2 saturated heterocycles. The van der Waals surface area contributed by atoms with Crippen molar-refractivity contribution in [3.05, 3.63) is 0 Å². The van der Waals surface area contributed by atoms with E-state index in [2.05, 4.69) is 11.9 Å². The third-order valence-electron chi connectivity index (χ3n) is 3.38. The van der Waals surface area contributed by atoms with Gasteiger partial charge in [0.2, 0.25) is 0 Å². The number of carboxylic acids is 1. The second kappa shape index (κ2) is 5.47. The van der Waals surface area contributed by atoms with Crippen LogP contribution in [0.5, 0.6) is 0 Å². The lowest BCUT2D eigenvalue weighted by atomic mass is 9.83. The molecule has 0 saturated carbocycles. The molecule has 0 aliphatic carbocycles. The van der Waals surface area contributed by atoms with Crippen LogP contribution in [-0.4, -0.2) is 41.1 Å². The van der Waals surface area contributed by atoms with E-state index in [1.807, 2.05) is 0 Å². The topological polar surface area (TPSA) is 66.6 Å². The van der Waals surface area contributed by atoms with Crippen molar-refractivity contribution in [2.75, 3.05) is 7.05 Å². The van der Waals surface area contributed by atoms with Gasteiger partial charge in [0.15, 0.2) is 0 Å². The van der Waals surface area contributed by atoms with Crippen molar-refractivity contribution in [2.45, 2.75) is 57.2 Å². The Bertz CT molecular complexity index is 203. The fraction of sp³-hybridized carbons (Fsp3) is 0.909. The molecule has 3 atom stereocenters. The number of rotatable bonds is 0. The van der Waals surface area contributed by atoms with E-state index in [0.717, 1.165) is 19.0 Å². The fourth-order valence-electron chi connectivity index (χ4n) is 2.66. The van der Waals surface area contributed by atoms with Crippen LogP contribution in [-0.2, 0) is 4.79 Å². The van der Waals surface area contributed by atoms with Crippen LogP contribution < -0.4 is 5.73 Å². The number of hydrogen-bond acceptors (Lipinski definition) is 3. The molecule has 0 aromatic heterocycles. The molecular formula is C11H22N2O2. The van der Waals surface area contributed by atoms with E-state index in [1.165, 1.54) is 32.1 Å². The highest BCUT2D eigenvalue weighted by molar-refractivity contribution is 5.62. The minimum atomic E-state index is -0.833. The Morgan fingerprint density at radius 3 is 2.13 bits per heavy atom. The number of hydrogen-bond donors (Lipinski definition) is 2. The highest BCUT2D eigenvalue weighted by atomic mass is 16.4. The largest absolute Gasteiger partial charge is 0.481 e. The van der Waals surface area contributed by atoms with E-state index in [0.29, 0.717) is 6.04 Å². The van der Waals surface area contributed by atoms with Gasteiger partial charge in [-0.3, -0.25) is 4.79 Å². The second-order valence-electron chi connectivity index (χ2n) is 4.65. The molecule has 0 aromatic carbocycles. The van der Waals surface area contributed by atoms with Gasteiger partial charge in [-0.05, 0) is 32.7 Å². The highest BCUT2D eigenvalue weighted by Gasteiger charge is 2.34. The van der Waals surface area contributed by atoms with Crippen molar-refractivity contribution in [2.24, 2.45) is 5.73 Å². The summed E-state index contributed by atoms with van der Waals surface area (Å²) >= 11 is 0. The summed E-state index contributed by atoms with van der Waals surface area (Å²) in [5.41, 5.74) is 5.96. The molecule has 2 bridgehead atoms. The number of carboxylic acid groups (broad SMARTS) is 1. The van der Waals surface area contributed by atoms with Crippen molar-refractivity contribution < 1.29 is 9.90 Å². The van der Waals surface area contributed by atoms with Crippen LogP contribution in [0, 0.1) is 0 Å². The van der Waals surface area contributed by atoms with E-state index in [4.69, 9.17) is 15.6 Å². The van der Waals surface area contributed by atoms with Crippen LogP contribution in [0.3, 0.4) is 0 Å². The van der Waals surface area contributed by atoms with Crippen molar-refractivity contribution in [1.29, 1.82) is 0 Å². The lowest BCUT2D eigenvalue weighted by molar-refractivity contribution is -0.134. The van der Waals surface area contributed by atoms with Gasteiger partial charge >= 0.3 is 0 Å². The normalized spacial score (nSPS) is 35.3. The Kier molecular flexibility index (Phi) is 4.54. The molecule has 3 N–H and O–H groups in total. The fourth-order valence-corrected chi connectivity index (χ4v) is 2.66. The first-order valence-electron chi connectivity index (χ1n) is 5.67. The maximum atomic E-state index is 9.00. The maximum Gasteiger partial charge on any atom is 0.300 e. The summed E-state index contributed by atoms with van der Waals surface area (Å²) in [6.07, 6.45) is 6.63. The lowest BCUT2D eigenvalue weighted by Crippen LogP contribution is -2.53. The molecule has 4 heteroatoms. The number of nitrogens with two attached hydrogens (primary N) is 1. The van der Waals surface area contributed by atoms with Gasteiger partial charge in [-0.15, -0.1) is 0 Å². The minimum absolute atomic E-state index is 0.487. The molecule has 2 aliphatic rings. The quantitative estimate of drug-likeness (QED) is 0.632. The first-order valence-corrected chi connectivity index (χ1v) is 5.67. The molecular weight excluding hydrogens is 192 g/mol. The van der Waals surface area contributed by atoms with Crippen LogP contribution in [0.2, 0.25) is 0 Å². The van der Waals surface area contributed by atoms with Crippen molar-refractivity contribution in [1.82, 2.24) is 4.90 Å². The first-order chi connectivity index (χ1) is 7.00. The number of aliphatic carboxylic acids is 1. The van der Waals surface area contributed by atoms with E-state index >= 15 is 0 Å². The number of fused-ring (bicyclic) bond motifs is 2. The minimum Gasteiger partial charge on any atom is -0.481 e. The summed E-state index contributed by atoms with van der Waals surface area (Å²) < 4.78 is 0. The van der Waals surface area contributed by atoms with Gasteiger partial charge in [0.05, 0.1) is 0 Å². The lowest BCUT2D eigenvalue weighted by Gasteiger charge is -2.46. The summed E-state index contributed by atoms with van der Waals surface area (Å²) in [4.78, 5) is 11.5. The van der Waals surface area contributed by atoms with Crippen LogP contribution in [0.15, 0.2) is 0 Å². The van der Waals surface area contributed by atoms with Crippen LogP contribution in [0.4, 0.5) is 0 Å². The predicted molar refractivity (Wildman–Crippen MR) is 59.7 cm³/mol. The van der Waals surface area contributed by atoms with E-state index in [9.17, 15) is 0 Å². The molecule has 2 rings (SSSR count). The third kappa shape index (κ3) is 3.80. The SMILES string of the molecule is CC(=O)O.CN1[C@@H]2CCC[C@H]1CC(N)C2. The van der Waals surface area contributed by atoms with Gasteiger partial charge < -0.3 is 15.7 Å². The molecule has 0 spiro atoms. The molecule has 4 nitrogen and oxygen atoms in total. The molecule has 0 amide bonds. The molecule has 0 aromatic rings. The van der Waals surface area contributed by atoms with E-state index < -0.39 is 5.97 Å². The summed E-state index contributed by atoms with van der Waals surface area (Å²) in [6.45, 7) is 1.08. The van der Waals surface area contributed by atoms with Gasteiger partial charge in [-0.2, -0.15) is 0 Å². The molecule has 88 valence electrons. The average molecular weight is 214 g/mol. The smallest absolute Gasteiger partial charge is 0.300 e. The van der Waals surface area contributed by atoms with Crippen LogP contribution >= 0.6 is 0 Å². The van der Waals surface area contributed by atoms with Crippen molar-refractivity contribution >= 4 is 5.97 Å². The zero-order valence-electron chi connectivity index (χ0n) is 9.65. The van der Waals surface area contributed by atoms with Crippen molar-refractivity contribution in [3.8, 4) is 0 Å². The van der Waals surface area contributed by atoms with Crippen LogP contribution in [0.25, 0.3) is 0 Å². The maximum absolute atomic E-state index is 9.00. The predicted octanol–water partition coefficient (Wildman–Crippen LogP) is 1.05. The summed E-state index contributed by atoms with van der Waals surface area (Å²) in [7, 11) is 2.26. The third-order valence-corrected chi connectivity index (χ3v) is 3.38. The Balaban J connectivity index is 0.000000245. The zero-order valence-corrected chi connectivity index (χ0v) is 9.65. The molecule has 2 aliphatic heterocycles. The monoisotopic (exact) mass is 214 g/mol. The summed E-state index contributed by atoms with van der Waals surface area (Å²) in [5.74, 6) is -0.833. The Labute approximate surface area is 91.4 Å².